The predicted octanol–water partition coefficient (Wildman–Crippen LogP) is 4.10. The molecule has 0 spiro atoms. The second-order valence-electron chi connectivity index (χ2n) is 4.64. The Bertz CT molecular complexity index is 615. The fraction of sp³-hybridized carbons (Fsp3) is 0.250. The minimum atomic E-state index is -0.252. The van der Waals surface area contributed by atoms with Gasteiger partial charge in [0.2, 0.25) is 0 Å². The van der Waals surface area contributed by atoms with E-state index >= 15 is 0 Å². The third-order valence-corrected chi connectivity index (χ3v) is 3.56. The average molecular weight is 294 g/mol. The summed E-state index contributed by atoms with van der Waals surface area (Å²) in [5.41, 5.74) is 2.51. The van der Waals surface area contributed by atoms with Crippen LogP contribution in [0, 0.1) is 12.7 Å². The van der Waals surface area contributed by atoms with E-state index in [0.29, 0.717) is 16.3 Å². The topological polar surface area (TPSA) is 21.3 Å². The van der Waals surface area contributed by atoms with Crippen LogP contribution in [0.2, 0.25) is 5.02 Å². The number of halogens is 2. The maximum Gasteiger partial charge on any atom is 0.137 e. The summed E-state index contributed by atoms with van der Waals surface area (Å²) < 4.78 is 19.2. The first-order chi connectivity index (χ1) is 9.56. The number of ether oxygens (including phenoxy) is 1. The van der Waals surface area contributed by atoms with Crippen LogP contribution in [-0.2, 0) is 0 Å². The Labute approximate surface area is 123 Å². The molecule has 1 unspecified atom stereocenters. The van der Waals surface area contributed by atoms with Crippen LogP contribution in [-0.4, -0.2) is 14.2 Å². The summed E-state index contributed by atoms with van der Waals surface area (Å²) in [5, 5.41) is 3.64. The molecule has 0 aromatic heterocycles. The zero-order valence-electron chi connectivity index (χ0n) is 11.7. The molecular weight excluding hydrogens is 277 g/mol. The number of nitrogens with one attached hydrogen (secondary N) is 1. The van der Waals surface area contributed by atoms with E-state index in [1.54, 1.807) is 32.4 Å². The first kappa shape index (κ1) is 14.8. The zero-order chi connectivity index (χ0) is 14.7. The summed E-state index contributed by atoms with van der Waals surface area (Å²) in [6, 6.07) is 10.3. The summed E-state index contributed by atoms with van der Waals surface area (Å²) >= 11 is 6.14. The molecule has 0 aliphatic heterocycles. The van der Waals surface area contributed by atoms with E-state index in [4.69, 9.17) is 16.3 Å². The molecule has 0 saturated carbocycles. The lowest BCUT2D eigenvalue weighted by atomic mass is 9.97. The highest BCUT2D eigenvalue weighted by molar-refractivity contribution is 6.32. The van der Waals surface area contributed by atoms with Crippen molar-refractivity contribution in [1.29, 1.82) is 0 Å². The average Bonchev–Trinajstić information content (AvgIpc) is 2.44. The molecule has 2 rings (SSSR count). The Morgan fingerprint density at radius 1 is 1.20 bits per heavy atom. The van der Waals surface area contributed by atoms with E-state index in [-0.39, 0.29) is 11.9 Å². The van der Waals surface area contributed by atoms with Crippen LogP contribution in [0.5, 0.6) is 5.75 Å². The van der Waals surface area contributed by atoms with Gasteiger partial charge in [-0.1, -0.05) is 35.4 Å². The van der Waals surface area contributed by atoms with E-state index in [1.165, 1.54) is 6.07 Å². The SMILES string of the molecule is CNC(c1ccc(OC)c(Cl)c1)c1cc(C)ccc1F. The number of hydrogen-bond acceptors (Lipinski definition) is 2. The first-order valence-corrected chi connectivity index (χ1v) is 6.71. The smallest absolute Gasteiger partial charge is 0.137 e. The van der Waals surface area contributed by atoms with Gasteiger partial charge in [0.15, 0.2) is 0 Å². The van der Waals surface area contributed by atoms with Crippen LogP contribution in [0.15, 0.2) is 36.4 Å². The number of hydrogen-bond donors (Lipinski definition) is 1. The van der Waals surface area contributed by atoms with E-state index in [0.717, 1.165) is 11.1 Å². The van der Waals surface area contributed by atoms with Crippen LogP contribution < -0.4 is 10.1 Å². The van der Waals surface area contributed by atoms with Gasteiger partial charge in [-0.3, -0.25) is 0 Å². The van der Waals surface area contributed by atoms with Crippen molar-refractivity contribution in [2.24, 2.45) is 0 Å². The van der Waals surface area contributed by atoms with Crippen LogP contribution >= 0.6 is 11.6 Å². The van der Waals surface area contributed by atoms with Crippen molar-refractivity contribution < 1.29 is 9.13 Å². The van der Waals surface area contributed by atoms with Crippen molar-refractivity contribution >= 4 is 11.6 Å². The molecule has 0 amide bonds. The maximum atomic E-state index is 14.0. The zero-order valence-corrected chi connectivity index (χ0v) is 12.5. The standard InChI is InChI=1S/C16H17ClFNO/c1-10-4-6-14(18)12(8-10)16(19-2)11-5-7-15(20-3)13(17)9-11/h4-9,16,19H,1-3H3. The molecule has 0 aliphatic rings. The van der Waals surface area contributed by atoms with Crippen LogP contribution in [0.25, 0.3) is 0 Å². The normalized spacial score (nSPS) is 12.2. The fourth-order valence-corrected chi connectivity index (χ4v) is 2.51. The van der Waals surface area contributed by atoms with Gasteiger partial charge in [-0.05, 0) is 37.7 Å². The monoisotopic (exact) mass is 293 g/mol. The van der Waals surface area contributed by atoms with Gasteiger partial charge in [-0.15, -0.1) is 0 Å². The van der Waals surface area contributed by atoms with Crippen molar-refractivity contribution in [3.05, 3.63) is 63.9 Å². The van der Waals surface area contributed by atoms with Gasteiger partial charge >= 0.3 is 0 Å². The lowest BCUT2D eigenvalue weighted by Gasteiger charge is -2.19. The summed E-state index contributed by atoms with van der Waals surface area (Å²) in [6.45, 7) is 1.94. The molecular formula is C16H17ClFNO. The molecule has 1 N–H and O–H groups in total. The van der Waals surface area contributed by atoms with E-state index in [2.05, 4.69) is 5.32 Å². The molecule has 106 valence electrons. The molecule has 4 heteroatoms. The Morgan fingerprint density at radius 2 is 1.95 bits per heavy atom. The number of rotatable bonds is 4. The van der Waals surface area contributed by atoms with Gasteiger partial charge in [0.05, 0.1) is 18.2 Å². The second kappa shape index (κ2) is 6.25. The molecule has 0 aliphatic carbocycles. The molecule has 0 radical (unpaired) electrons. The van der Waals surface area contributed by atoms with Crippen LogP contribution in [0.3, 0.4) is 0 Å². The van der Waals surface area contributed by atoms with Crippen LogP contribution in [0.1, 0.15) is 22.7 Å². The van der Waals surface area contributed by atoms with E-state index < -0.39 is 0 Å². The third kappa shape index (κ3) is 2.94. The molecule has 0 heterocycles. The van der Waals surface area contributed by atoms with E-state index in [1.807, 2.05) is 19.1 Å². The van der Waals surface area contributed by atoms with Gasteiger partial charge in [0, 0.05) is 5.56 Å². The minimum Gasteiger partial charge on any atom is -0.495 e. The van der Waals surface area contributed by atoms with Crippen molar-refractivity contribution in [3.8, 4) is 5.75 Å². The highest BCUT2D eigenvalue weighted by Crippen LogP contribution is 2.31. The van der Waals surface area contributed by atoms with Crippen molar-refractivity contribution in [2.45, 2.75) is 13.0 Å². The number of benzene rings is 2. The van der Waals surface area contributed by atoms with Crippen molar-refractivity contribution in [2.75, 3.05) is 14.2 Å². The largest absolute Gasteiger partial charge is 0.495 e. The van der Waals surface area contributed by atoms with Crippen LogP contribution in [0.4, 0.5) is 4.39 Å². The quantitative estimate of drug-likeness (QED) is 0.916. The first-order valence-electron chi connectivity index (χ1n) is 6.33. The predicted molar refractivity (Wildman–Crippen MR) is 80.0 cm³/mol. The summed E-state index contributed by atoms with van der Waals surface area (Å²) in [5.74, 6) is 0.372. The Kier molecular flexibility index (Phi) is 4.63. The molecule has 20 heavy (non-hydrogen) atoms. The lowest BCUT2D eigenvalue weighted by Crippen LogP contribution is -2.19. The third-order valence-electron chi connectivity index (χ3n) is 3.26. The Balaban J connectivity index is 2.46. The van der Waals surface area contributed by atoms with Gasteiger partial charge < -0.3 is 10.1 Å². The maximum absolute atomic E-state index is 14.0. The number of aryl methyl sites for hydroxylation is 1. The van der Waals surface area contributed by atoms with Crippen molar-refractivity contribution in [3.63, 3.8) is 0 Å². The molecule has 0 saturated heterocycles. The summed E-state index contributed by atoms with van der Waals surface area (Å²) in [7, 11) is 3.36. The van der Waals surface area contributed by atoms with E-state index in [9.17, 15) is 4.39 Å². The molecule has 1 atom stereocenters. The molecule has 0 bridgehead atoms. The summed E-state index contributed by atoms with van der Waals surface area (Å²) in [6.07, 6.45) is 0. The van der Waals surface area contributed by atoms with Crippen molar-refractivity contribution in [1.82, 2.24) is 5.32 Å². The molecule has 2 aromatic rings. The second-order valence-corrected chi connectivity index (χ2v) is 5.05. The summed E-state index contributed by atoms with van der Waals surface area (Å²) in [4.78, 5) is 0. The molecule has 2 aromatic carbocycles. The van der Waals surface area contributed by atoms with Gasteiger partial charge in [-0.25, -0.2) is 4.39 Å². The fourth-order valence-electron chi connectivity index (χ4n) is 2.25. The Hall–Kier alpha value is -1.58. The Morgan fingerprint density at radius 3 is 2.55 bits per heavy atom. The highest BCUT2D eigenvalue weighted by atomic mass is 35.5. The molecule has 0 fully saturated rings. The highest BCUT2D eigenvalue weighted by Gasteiger charge is 2.17. The molecule has 2 nitrogen and oxygen atoms in total. The van der Waals surface area contributed by atoms with Gasteiger partial charge in [0.25, 0.3) is 0 Å². The minimum absolute atomic E-state index is 0.234. The van der Waals surface area contributed by atoms with Gasteiger partial charge in [0.1, 0.15) is 11.6 Å². The number of methoxy groups -OCH3 is 1. The van der Waals surface area contributed by atoms with Gasteiger partial charge in [-0.2, -0.15) is 0 Å². The lowest BCUT2D eigenvalue weighted by molar-refractivity contribution is 0.414.